The third kappa shape index (κ3) is 7.14. The Balaban J connectivity index is 1.90. The van der Waals surface area contributed by atoms with Crippen molar-refractivity contribution < 1.29 is 13.2 Å². The predicted octanol–water partition coefficient (Wildman–Crippen LogP) is 3.68. The number of benzene rings is 2. The Morgan fingerprint density at radius 2 is 1.56 bits per heavy atom. The molecule has 27 heavy (non-hydrogen) atoms. The number of halogens is 2. The molecule has 0 fully saturated rings. The van der Waals surface area contributed by atoms with E-state index in [2.05, 4.69) is 10.0 Å². The van der Waals surface area contributed by atoms with Crippen molar-refractivity contribution in [3.63, 3.8) is 0 Å². The maximum Gasteiger partial charge on any atom is 0.224 e. The van der Waals surface area contributed by atoms with Gasteiger partial charge in [0.25, 0.3) is 0 Å². The van der Waals surface area contributed by atoms with Crippen molar-refractivity contribution >= 4 is 39.1 Å². The lowest BCUT2D eigenvalue weighted by molar-refractivity contribution is -0.120. The van der Waals surface area contributed by atoms with Gasteiger partial charge in [0.2, 0.25) is 15.9 Å². The van der Waals surface area contributed by atoms with Gasteiger partial charge in [-0.25, -0.2) is 13.1 Å². The average Bonchev–Trinajstić information content (AvgIpc) is 2.56. The molecule has 8 heteroatoms. The molecule has 2 aromatic rings. The molecular weight excluding hydrogens is 407 g/mol. The Labute approximate surface area is 170 Å². The van der Waals surface area contributed by atoms with Gasteiger partial charge in [0.05, 0.1) is 12.2 Å². The van der Waals surface area contributed by atoms with Crippen molar-refractivity contribution in [1.29, 1.82) is 0 Å². The Kier molecular flexibility index (Phi) is 7.68. The third-order valence-corrected chi connectivity index (χ3v) is 5.94. The standard InChI is InChI=1S/C19H22Cl2N2O3S/c1-13(2)23-27(25,26)12-15-8-6-14(7-9-15)11-22-19(24)10-16-17(20)4-3-5-18(16)21/h3-9,13,23H,10-12H2,1-2H3,(H,22,24). The van der Waals surface area contributed by atoms with E-state index in [1.54, 1.807) is 56.3 Å². The van der Waals surface area contributed by atoms with Gasteiger partial charge < -0.3 is 5.32 Å². The van der Waals surface area contributed by atoms with E-state index in [1.165, 1.54) is 0 Å². The van der Waals surface area contributed by atoms with Gasteiger partial charge in [0, 0.05) is 22.6 Å². The quantitative estimate of drug-likeness (QED) is 0.672. The first kappa shape index (κ1) is 21.7. The fourth-order valence-electron chi connectivity index (χ4n) is 2.50. The van der Waals surface area contributed by atoms with Crippen LogP contribution in [-0.4, -0.2) is 20.4 Å². The lowest BCUT2D eigenvalue weighted by atomic mass is 10.1. The molecular formula is C19H22Cl2N2O3S. The minimum atomic E-state index is -3.36. The number of carbonyl (C=O) groups excluding carboxylic acids is 1. The molecule has 0 spiro atoms. The zero-order chi connectivity index (χ0) is 20.0. The van der Waals surface area contributed by atoms with Gasteiger partial charge in [0.1, 0.15) is 0 Å². The molecule has 0 heterocycles. The molecule has 0 unspecified atom stereocenters. The van der Waals surface area contributed by atoms with Gasteiger partial charge in [-0.15, -0.1) is 0 Å². The van der Waals surface area contributed by atoms with Gasteiger partial charge in [-0.1, -0.05) is 53.5 Å². The van der Waals surface area contributed by atoms with Crippen LogP contribution in [-0.2, 0) is 33.5 Å². The Morgan fingerprint density at radius 3 is 2.11 bits per heavy atom. The van der Waals surface area contributed by atoms with E-state index >= 15 is 0 Å². The molecule has 2 aromatic carbocycles. The van der Waals surface area contributed by atoms with Crippen LogP contribution < -0.4 is 10.0 Å². The van der Waals surface area contributed by atoms with Crippen LogP contribution in [0.5, 0.6) is 0 Å². The summed E-state index contributed by atoms with van der Waals surface area (Å²) < 4.78 is 26.4. The summed E-state index contributed by atoms with van der Waals surface area (Å²) in [5.74, 6) is -0.277. The summed E-state index contributed by atoms with van der Waals surface area (Å²) in [5, 5.41) is 3.72. The van der Waals surface area contributed by atoms with Crippen LogP contribution >= 0.6 is 23.2 Å². The van der Waals surface area contributed by atoms with E-state index in [9.17, 15) is 13.2 Å². The van der Waals surface area contributed by atoms with Crippen LogP contribution in [0.2, 0.25) is 10.0 Å². The van der Waals surface area contributed by atoms with Crippen molar-refractivity contribution in [3.05, 3.63) is 69.2 Å². The summed E-state index contributed by atoms with van der Waals surface area (Å²) in [6.45, 7) is 3.89. The highest BCUT2D eigenvalue weighted by Gasteiger charge is 2.13. The Morgan fingerprint density at radius 1 is 1.00 bits per heavy atom. The summed E-state index contributed by atoms with van der Waals surface area (Å²) in [6.07, 6.45) is 0.0930. The lowest BCUT2D eigenvalue weighted by Gasteiger charge is -2.10. The van der Waals surface area contributed by atoms with Crippen LogP contribution in [0.1, 0.15) is 30.5 Å². The molecule has 1 amide bonds. The highest BCUT2D eigenvalue weighted by atomic mass is 35.5. The molecule has 0 aliphatic carbocycles. The van der Waals surface area contributed by atoms with E-state index in [1.807, 2.05) is 0 Å². The van der Waals surface area contributed by atoms with E-state index < -0.39 is 10.0 Å². The van der Waals surface area contributed by atoms with E-state index in [4.69, 9.17) is 23.2 Å². The molecule has 0 aliphatic rings. The van der Waals surface area contributed by atoms with Gasteiger partial charge in [-0.2, -0.15) is 0 Å². The number of amides is 1. The molecule has 146 valence electrons. The second-order valence-electron chi connectivity index (χ2n) is 6.50. The minimum absolute atomic E-state index is 0.0805. The largest absolute Gasteiger partial charge is 0.352 e. The first-order chi connectivity index (χ1) is 12.7. The Hall–Kier alpha value is -1.60. The van der Waals surface area contributed by atoms with Crippen LogP contribution in [0.25, 0.3) is 0 Å². The number of carbonyl (C=O) groups is 1. The van der Waals surface area contributed by atoms with Crippen molar-refractivity contribution in [2.24, 2.45) is 0 Å². The van der Waals surface area contributed by atoms with Crippen LogP contribution in [0.3, 0.4) is 0 Å². The molecule has 0 saturated carbocycles. The maximum absolute atomic E-state index is 12.1. The van der Waals surface area contributed by atoms with Gasteiger partial charge in [-0.05, 0) is 42.7 Å². The number of hydrogen-bond donors (Lipinski definition) is 2. The van der Waals surface area contributed by atoms with Crippen LogP contribution in [0, 0.1) is 0 Å². The summed E-state index contributed by atoms with van der Waals surface area (Å²) in [7, 11) is -3.36. The third-order valence-electron chi connectivity index (χ3n) is 3.68. The molecule has 2 rings (SSSR count). The molecule has 0 aromatic heterocycles. The number of nitrogens with one attached hydrogen (secondary N) is 2. The Bertz CT molecular complexity index is 877. The highest BCUT2D eigenvalue weighted by Crippen LogP contribution is 2.24. The van der Waals surface area contributed by atoms with Gasteiger partial charge in [0.15, 0.2) is 0 Å². The summed E-state index contributed by atoms with van der Waals surface area (Å²) >= 11 is 12.1. The number of rotatable bonds is 8. The molecule has 0 radical (unpaired) electrons. The number of hydrogen-bond acceptors (Lipinski definition) is 3. The fourth-order valence-corrected chi connectivity index (χ4v) is 4.46. The van der Waals surface area contributed by atoms with Crippen LogP contribution in [0.4, 0.5) is 0 Å². The zero-order valence-electron chi connectivity index (χ0n) is 15.1. The molecule has 0 saturated heterocycles. The predicted molar refractivity (Wildman–Crippen MR) is 109 cm³/mol. The van der Waals surface area contributed by atoms with Gasteiger partial charge in [-0.3, -0.25) is 4.79 Å². The summed E-state index contributed by atoms with van der Waals surface area (Å²) in [6, 6.07) is 12.0. The number of sulfonamides is 1. The second kappa shape index (κ2) is 9.55. The molecule has 5 nitrogen and oxygen atoms in total. The molecule has 2 N–H and O–H groups in total. The first-order valence-electron chi connectivity index (χ1n) is 8.43. The normalized spacial score (nSPS) is 11.6. The molecule has 0 aliphatic heterocycles. The van der Waals surface area contributed by atoms with Crippen molar-refractivity contribution in [1.82, 2.24) is 10.0 Å². The van der Waals surface area contributed by atoms with Crippen molar-refractivity contribution in [3.8, 4) is 0 Å². The molecule has 0 bridgehead atoms. The molecule has 0 atom stereocenters. The monoisotopic (exact) mass is 428 g/mol. The topological polar surface area (TPSA) is 75.3 Å². The summed E-state index contributed by atoms with van der Waals surface area (Å²) in [5.41, 5.74) is 2.14. The smallest absolute Gasteiger partial charge is 0.224 e. The lowest BCUT2D eigenvalue weighted by Crippen LogP contribution is -2.31. The van der Waals surface area contributed by atoms with Crippen LogP contribution in [0.15, 0.2) is 42.5 Å². The highest BCUT2D eigenvalue weighted by molar-refractivity contribution is 7.88. The van der Waals surface area contributed by atoms with E-state index in [0.717, 1.165) is 5.56 Å². The summed E-state index contributed by atoms with van der Waals surface area (Å²) in [4.78, 5) is 12.1. The van der Waals surface area contributed by atoms with E-state index in [-0.39, 0.29) is 24.1 Å². The second-order valence-corrected chi connectivity index (χ2v) is 9.07. The maximum atomic E-state index is 12.1. The van der Waals surface area contributed by atoms with Crippen molar-refractivity contribution in [2.45, 2.75) is 38.6 Å². The minimum Gasteiger partial charge on any atom is -0.352 e. The average molecular weight is 429 g/mol. The first-order valence-corrected chi connectivity index (χ1v) is 10.8. The fraction of sp³-hybridized carbons (Fsp3) is 0.316. The zero-order valence-corrected chi connectivity index (χ0v) is 17.5. The SMILES string of the molecule is CC(C)NS(=O)(=O)Cc1ccc(CNC(=O)Cc2c(Cl)cccc2Cl)cc1. The van der Waals surface area contributed by atoms with Gasteiger partial charge >= 0.3 is 0 Å². The van der Waals surface area contributed by atoms with E-state index in [0.29, 0.717) is 27.7 Å². The van der Waals surface area contributed by atoms with Crippen molar-refractivity contribution in [2.75, 3.05) is 0 Å².